The minimum atomic E-state index is -0.510. The largest absolute Gasteiger partial charge is 0.331 e. The first-order valence-corrected chi connectivity index (χ1v) is 8.66. The van der Waals surface area contributed by atoms with Crippen molar-refractivity contribution in [3.63, 3.8) is 0 Å². The van der Waals surface area contributed by atoms with E-state index in [1.807, 2.05) is 0 Å². The molecule has 124 valence electrons. The molecule has 0 radical (unpaired) electrons. The van der Waals surface area contributed by atoms with Gasteiger partial charge in [0.25, 0.3) is 11.6 Å². The number of benzene rings is 2. The molecule has 2 N–H and O–H groups in total. The number of nitrogens with one attached hydrogen (secondary N) is 2. The van der Waals surface area contributed by atoms with E-state index in [-0.39, 0.29) is 21.4 Å². The maximum atomic E-state index is 12.2. The average Bonchev–Trinajstić information content (AvgIpc) is 2.51. The van der Waals surface area contributed by atoms with E-state index in [9.17, 15) is 14.9 Å². The van der Waals surface area contributed by atoms with E-state index < -0.39 is 10.8 Å². The van der Waals surface area contributed by atoms with Crippen molar-refractivity contribution in [1.29, 1.82) is 0 Å². The van der Waals surface area contributed by atoms with Crippen LogP contribution in [0, 0.1) is 10.1 Å². The van der Waals surface area contributed by atoms with Gasteiger partial charge in [0.05, 0.1) is 21.2 Å². The van der Waals surface area contributed by atoms with Gasteiger partial charge < -0.3 is 5.32 Å². The number of carbonyl (C=O) groups excluding carboxylic acids is 1. The van der Waals surface area contributed by atoms with Crippen LogP contribution in [0.1, 0.15) is 10.4 Å². The number of nitrogens with zero attached hydrogens (tertiary/aromatic N) is 1. The molecule has 2 aromatic rings. The Kier molecular flexibility index (Phi) is 6.27. The molecule has 0 aromatic heterocycles. The third-order valence-corrected chi connectivity index (χ3v) is 4.49. The molecule has 0 bridgehead atoms. The van der Waals surface area contributed by atoms with Crippen LogP contribution in [0.25, 0.3) is 0 Å². The number of nitro benzene ring substituents is 1. The monoisotopic (exact) mass is 491 g/mol. The molecule has 1 amide bonds. The highest BCUT2D eigenvalue weighted by molar-refractivity contribution is 9.10. The lowest BCUT2D eigenvalue weighted by atomic mass is 10.2. The molecule has 10 heteroatoms. The van der Waals surface area contributed by atoms with Gasteiger partial charge >= 0.3 is 0 Å². The van der Waals surface area contributed by atoms with E-state index in [0.717, 1.165) is 0 Å². The first-order chi connectivity index (χ1) is 11.3. The minimum absolute atomic E-state index is 0.0330. The van der Waals surface area contributed by atoms with Crippen LogP contribution in [0.15, 0.2) is 45.3 Å². The van der Waals surface area contributed by atoms with Crippen molar-refractivity contribution in [1.82, 2.24) is 5.32 Å². The Balaban J connectivity index is 2.09. The summed E-state index contributed by atoms with van der Waals surface area (Å²) in [6.07, 6.45) is 0. The van der Waals surface area contributed by atoms with Crippen molar-refractivity contribution in [3.05, 3.63) is 66.0 Å². The SMILES string of the molecule is O=C(NC(=S)Nc1ccc([N+](=O)[O-])cc1Br)c1cc(Br)ccc1Cl. The number of amides is 1. The maximum absolute atomic E-state index is 12.2. The molecule has 0 aliphatic rings. The van der Waals surface area contributed by atoms with Gasteiger partial charge in [-0.15, -0.1) is 0 Å². The van der Waals surface area contributed by atoms with Gasteiger partial charge in [-0.2, -0.15) is 0 Å². The molecule has 0 aliphatic carbocycles. The lowest BCUT2D eigenvalue weighted by molar-refractivity contribution is -0.384. The predicted octanol–water partition coefficient (Wildman–Crippen LogP) is 4.90. The van der Waals surface area contributed by atoms with Crippen molar-refractivity contribution < 1.29 is 9.72 Å². The molecule has 0 heterocycles. The molecule has 0 atom stereocenters. The van der Waals surface area contributed by atoms with Gasteiger partial charge in [0, 0.05) is 21.1 Å². The smallest absolute Gasteiger partial charge is 0.270 e. The summed E-state index contributed by atoms with van der Waals surface area (Å²) in [7, 11) is 0. The lowest BCUT2D eigenvalue weighted by Crippen LogP contribution is -2.34. The highest BCUT2D eigenvalue weighted by atomic mass is 79.9. The van der Waals surface area contributed by atoms with Gasteiger partial charge in [-0.25, -0.2) is 0 Å². The van der Waals surface area contributed by atoms with E-state index in [4.69, 9.17) is 23.8 Å². The first-order valence-electron chi connectivity index (χ1n) is 6.29. The fourth-order valence-corrected chi connectivity index (χ4v) is 2.95. The van der Waals surface area contributed by atoms with Crippen molar-refractivity contribution in [2.75, 3.05) is 5.32 Å². The summed E-state index contributed by atoms with van der Waals surface area (Å²) in [4.78, 5) is 22.4. The second kappa shape index (κ2) is 8.02. The molecular weight excluding hydrogens is 486 g/mol. The number of anilines is 1. The van der Waals surface area contributed by atoms with E-state index >= 15 is 0 Å². The summed E-state index contributed by atoms with van der Waals surface area (Å²) < 4.78 is 1.14. The Bertz CT molecular complexity index is 848. The molecular formula is C14H8Br2ClN3O3S. The van der Waals surface area contributed by atoms with Crippen LogP contribution >= 0.6 is 55.7 Å². The maximum Gasteiger partial charge on any atom is 0.270 e. The van der Waals surface area contributed by atoms with Crippen LogP contribution in [0.4, 0.5) is 11.4 Å². The predicted molar refractivity (Wildman–Crippen MR) is 104 cm³/mol. The molecule has 0 fully saturated rings. The summed E-state index contributed by atoms with van der Waals surface area (Å²) in [5, 5.41) is 16.3. The number of halogens is 3. The number of hydrogen-bond acceptors (Lipinski definition) is 4. The first kappa shape index (κ1) is 18.8. The zero-order valence-corrected chi connectivity index (χ0v) is 16.4. The van der Waals surface area contributed by atoms with Crippen LogP contribution in [-0.4, -0.2) is 15.9 Å². The number of carbonyl (C=O) groups is 1. The molecule has 2 aromatic carbocycles. The van der Waals surface area contributed by atoms with E-state index in [0.29, 0.717) is 14.6 Å². The number of thiocarbonyl (C=S) groups is 1. The summed E-state index contributed by atoms with van der Waals surface area (Å²) in [5.74, 6) is -0.475. The van der Waals surface area contributed by atoms with Gasteiger partial charge in [-0.1, -0.05) is 27.5 Å². The minimum Gasteiger partial charge on any atom is -0.331 e. The quantitative estimate of drug-likeness (QED) is 0.361. The summed E-state index contributed by atoms with van der Waals surface area (Å²) >= 11 is 17.5. The molecule has 0 saturated carbocycles. The van der Waals surface area contributed by atoms with Crippen molar-refractivity contribution >= 4 is 78.1 Å². The molecule has 6 nitrogen and oxygen atoms in total. The Morgan fingerprint density at radius 3 is 2.54 bits per heavy atom. The van der Waals surface area contributed by atoms with Crippen molar-refractivity contribution in [2.45, 2.75) is 0 Å². The molecule has 0 saturated heterocycles. The van der Waals surface area contributed by atoms with Crippen LogP contribution < -0.4 is 10.6 Å². The highest BCUT2D eigenvalue weighted by Crippen LogP contribution is 2.27. The Morgan fingerprint density at radius 1 is 1.21 bits per heavy atom. The van der Waals surface area contributed by atoms with Crippen molar-refractivity contribution in [3.8, 4) is 0 Å². The topological polar surface area (TPSA) is 84.3 Å². The van der Waals surface area contributed by atoms with Crippen molar-refractivity contribution in [2.24, 2.45) is 0 Å². The van der Waals surface area contributed by atoms with Crippen LogP contribution in [0.2, 0.25) is 5.02 Å². The van der Waals surface area contributed by atoms with Crippen LogP contribution in [0.5, 0.6) is 0 Å². The van der Waals surface area contributed by atoms with Gasteiger partial charge in [0.1, 0.15) is 0 Å². The molecule has 2 rings (SSSR count). The van der Waals surface area contributed by atoms with E-state index in [1.165, 1.54) is 18.2 Å². The van der Waals surface area contributed by atoms with E-state index in [2.05, 4.69) is 42.5 Å². The second-order valence-corrected chi connectivity index (χ2v) is 7.04. The zero-order valence-electron chi connectivity index (χ0n) is 11.7. The van der Waals surface area contributed by atoms with E-state index in [1.54, 1.807) is 18.2 Å². The summed E-state index contributed by atoms with van der Waals surface area (Å²) in [6, 6.07) is 9.00. The van der Waals surface area contributed by atoms with Gasteiger partial charge in [-0.05, 0) is 52.4 Å². The molecule has 0 aliphatic heterocycles. The molecule has 24 heavy (non-hydrogen) atoms. The fraction of sp³-hybridized carbons (Fsp3) is 0. The third-order valence-electron chi connectivity index (χ3n) is 2.81. The average molecular weight is 494 g/mol. The number of nitro groups is 1. The van der Waals surface area contributed by atoms with Gasteiger partial charge in [0.15, 0.2) is 5.11 Å². The molecule has 0 unspecified atom stereocenters. The lowest BCUT2D eigenvalue weighted by Gasteiger charge is -2.11. The normalized spacial score (nSPS) is 10.1. The van der Waals surface area contributed by atoms with Crippen LogP contribution in [-0.2, 0) is 0 Å². The standard InChI is InChI=1S/C14H8Br2ClN3O3S/c15-7-1-3-11(17)9(5-7)13(21)19-14(24)18-12-4-2-8(20(22)23)6-10(12)16/h1-6H,(H2,18,19,21,24). The third kappa shape index (κ3) is 4.73. The Labute approximate surface area is 164 Å². The van der Waals surface area contributed by atoms with Crippen LogP contribution in [0.3, 0.4) is 0 Å². The second-order valence-electron chi connectivity index (χ2n) is 4.45. The number of hydrogen-bond donors (Lipinski definition) is 2. The number of rotatable bonds is 3. The highest BCUT2D eigenvalue weighted by Gasteiger charge is 2.14. The summed E-state index contributed by atoms with van der Waals surface area (Å²) in [5.41, 5.74) is 0.674. The number of non-ortho nitro benzene ring substituents is 1. The fourth-order valence-electron chi connectivity index (χ4n) is 1.71. The summed E-state index contributed by atoms with van der Waals surface area (Å²) in [6.45, 7) is 0. The molecule has 0 spiro atoms. The zero-order chi connectivity index (χ0) is 17.9. The Hall–Kier alpha value is -1.55. The van der Waals surface area contributed by atoms with Gasteiger partial charge in [0.2, 0.25) is 0 Å². The van der Waals surface area contributed by atoms with Gasteiger partial charge in [-0.3, -0.25) is 20.2 Å². The Morgan fingerprint density at radius 2 is 1.92 bits per heavy atom.